The van der Waals surface area contributed by atoms with Crippen molar-refractivity contribution in [3.05, 3.63) is 64.5 Å². The van der Waals surface area contributed by atoms with Crippen LogP contribution in [0.5, 0.6) is 0 Å². The van der Waals surface area contributed by atoms with Gasteiger partial charge in [-0.05, 0) is 153 Å². The van der Waals surface area contributed by atoms with Crippen molar-refractivity contribution in [2.24, 2.45) is 17.8 Å². The van der Waals surface area contributed by atoms with E-state index in [1.165, 1.54) is 20.1 Å². The van der Waals surface area contributed by atoms with Crippen LogP contribution >= 0.6 is 57.3 Å². The molecule has 18 atom stereocenters. The summed E-state index contributed by atoms with van der Waals surface area (Å²) in [7, 11) is 7.07. The van der Waals surface area contributed by atoms with Gasteiger partial charge in [0.2, 0.25) is 5.91 Å². The van der Waals surface area contributed by atoms with E-state index in [-0.39, 0.29) is 49.9 Å². The summed E-state index contributed by atoms with van der Waals surface area (Å²) in [5.74, 6) is -3.19. The molecule has 2 aromatic carbocycles. The normalized spacial score (nSPS) is 38.0. The summed E-state index contributed by atoms with van der Waals surface area (Å²) in [4.78, 5) is 35.7. The molecule has 79 heavy (non-hydrogen) atoms. The van der Waals surface area contributed by atoms with Crippen LogP contribution in [0.3, 0.4) is 0 Å². The minimum Gasteiger partial charge on any atom is -0.448 e. The lowest BCUT2D eigenvalue weighted by Crippen LogP contribution is -2.70. The van der Waals surface area contributed by atoms with Crippen molar-refractivity contribution < 1.29 is 63.5 Å². The van der Waals surface area contributed by atoms with E-state index in [9.17, 15) is 35.1 Å². The summed E-state index contributed by atoms with van der Waals surface area (Å²) < 4.78 is 37.5. The van der Waals surface area contributed by atoms with Crippen LogP contribution < -0.4 is 10.6 Å². The average molecular weight is 1270 g/mol. The molecule has 5 heterocycles. The first-order chi connectivity index (χ1) is 37.0. The third kappa shape index (κ3) is 14.3. The fourth-order valence-corrected chi connectivity index (χ4v) is 14.9. The molecule has 4 aliphatic rings. The molecule has 7 rings (SSSR count). The molecule has 0 radical (unpaired) electrons. The molecule has 0 spiro atoms. The van der Waals surface area contributed by atoms with Gasteiger partial charge in [0.05, 0.1) is 35.9 Å². The first-order valence-corrected chi connectivity index (χ1v) is 30.6. The second kappa shape index (κ2) is 26.3. The number of aliphatic hydroxyl groups excluding tert-OH is 2. The van der Waals surface area contributed by atoms with E-state index in [1.807, 2.05) is 104 Å². The standard InChI is InChI=1S/C58H84ClIN4O13S2/c1-31-27-55(7,69)51(76-53-47(66)42(63(10)11)24-32(2)73-53)33(3)48(34(4)52(68)77-54(60)57(9,70)50(67)35(5)64(12)29-31)75-46-28-56(8,72-13)58(71,36(6)74-46)30-61-22-23-62-45(65)21-19-38-26-40-39-16-14-15-17-43(39)79-44-20-18-37(59)25-41(44)49(40)78-38/h14-21,25-26,31-36,42,46-48,50-51,53-54,61,66-67,69-71H,22-24,27-30H2,1-13H3,(H,62,65)/b21-19+/t31-,32-,33+,34-,35-,36+,42+,46+,47-,48+,50-,51-,53+,54+,55-,56-,57+,58+/m1/s1. The molecular weight excluding hydrogens is 1190 g/mol. The minimum absolute atomic E-state index is 0.00910. The topological polar surface area (TPSA) is 221 Å². The van der Waals surface area contributed by atoms with Gasteiger partial charge in [-0.3, -0.25) is 9.59 Å². The molecule has 4 aliphatic heterocycles. The van der Waals surface area contributed by atoms with Gasteiger partial charge in [0, 0.05) is 99.5 Å². The highest BCUT2D eigenvalue weighted by Crippen LogP contribution is 2.52. The number of benzene rings is 2. The number of hydrogen-bond acceptors (Lipinski definition) is 18. The SMILES string of the molecule is CO[C@]1(C)C[C@H](O[C@H]2[C@H](C)[C@@H](O[C@@H]3O[C@H](C)C[C@H](N(C)C)[C@H]3O)[C@](C)(O)C[C@@H](C)CN(C)[C@H](C)[C@@H](O)[C@](C)(O)[C@@H](I)OC(=O)[C@@H]2C)O[C@@H](C)[C@@]1(O)CNCCNC(=O)/C=C/c1cc2c(s1)-c1cc(Cl)ccc1Sc1ccccc1-2. The lowest BCUT2D eigenvalue weighted by Gasteiger charge is -2.53. The number of amides is 1. The predicted molar refractivity (Wildman–Crippen MR) is 316 cm³/mol. The Bertz CT molecular complexity index is 2610. The average Bonchev–Trinajstić information content (AvgIpc) is 3.76. The maximum atomic E-state index is 14.5. The third-order valence-corrected chi connectivity index (χ3v) is 20.8. The number of alkyl halides is 1. The van der Waals surface area contributed by atoms with E-state index >= 15 is 0 Å². The number of esters is 1. The quantitative estimate of drug-likeness (QED) is 0.0232. The van der Waals surface area contributed by atoms with Crippen molar-refractivity contribution in [2.75, 3.05) is 54.4 Å². The number of cyclic esters (lactones) is 1. The van der Waals surface area contributed by atoms with Gasteiger partial charge in [-0.25, -0.2) is 0 Å². The van der Waals surface area contributed by atoms with E-state index < -0.39 is 93.5 Å². The molecule has 3 aromatic rings. The van der Waals surface area contributed by atoms with Crippen molar-refractivity contribution in [3.63, 3.8) is 0 Å². The lowest BCUT2D eigenvalue weighted by atomic mass is 9.75. The first kappa shape index (κ1) is 64.2. The smallest absolute Gasteiger partial charge is 0.312 e. The summed E-state index contributed by atoms with van der Waals surface area (Å²) in [6.07, 6.45) is -4.16. The van der Waals surface area contributed by atoms with Crippen LogP contribution in [0, 0.1) is 17.8 Å². The number of hydrogen-bond donors (Lipinski definition) is 7. The summed E-state index contributed by atoms with van der Waals surface area (Å²) in [6.45, 7) is 16.6. The van der Waals surface area contributed by atoms with Crippen LogP contribution in [0.4, 0.5) is 0 Å². The second-order valence-electron chi connectivity index (χ2n) is 23.4. The fourth-order valence-electron chi connectivity index (χ4n) is 11.9. The van der Waals surface area contributed by atoms with Crippen molar-refractivity contribution >= 4 is 75.2 Å². The number of carbonyl (C=O) groups excluding carboxylic acids is 2. The lowest BCUT2D eigenvalue weighted by molar-refractivity contribution is -0.336. The molecule has 3 fully saturated rings. The van der Waals surface area contributed by atoms with Crippen molar-refractivity contribution in [1.29, 1.82) is 0 Å². The van der Waals surface area contributed by atoms with Gasteiger partial charge in [0.15, 0.2) is 16.7 Å². The summed E-state index contributed by atoms with van der Waals surface area (Å²) in [5.41, 5.74) is -3.19. The number of carbonyl (C=O) groups is 2. The number of halogens is 2. The van der Waals surface area contributed by atoms with Gasteiger partial charge in [0.1, 0.15) is 29.0 Å². The number of ether oxygens (including phenoxy) is 6. The Balaban J connectivity index is 1.07. The third-order valence-electron chi connectivity index (χ3n) is 16.8. The van der Waals surface area contributed by atoms with E-state index in [0.717, 1.165) is 36.2 Å². The zero-order chi connectivity index (χ0) is 58.1. The minimum atomic E-state index is -1.88. The van der Waals surface area contributed by atoms with Crippen molar-refractivity contribution in [2.45, 2.75) is 179 Å². The maximum absolute atomic E-state index is 14.5. The Labute approximate surface area is 493 Å². The van der Waals surface area contributed by atoms with Crippen LogP contribution in [0.2, 0.25) is 5.02 Å². The number of likely N-dealkylation sites (N-methyl/N-ethyl adjacent to an activating group) is 2. The number of nitrogens with one attached hydrogen (secondary N) is 2. The van der Waals surface area contributed by atoms with Gasteiger partial charge >= 0.3 is 5.97 Å². The number of aliphatic hydroxyl groups is 5. The zero-order valence-corrected chi connectivity index (χ0v) is 52.3. The van der Waals surface area contributed by atoms with Gasteiger partial charge in [0.25, 0.3) is 0 Å². The molecule has 1 aromatic heterocycles. The molecule has 0 saturated carbocycles. The van der Waals surface area contributed by atoms with E-state index in [2.05, 4.69) is 28.8 Å². The van der Waals surface area contributed by atoms with Crippen molar-refractivity contribution in [3.8, 4) is 21.6 Å². The number of fused-ring (bicyclic) bond motifs is 5. The summed E-state index contributed by atoms with van der Waals surface area (Å²) in [6, 6.07) is 15.4. The largest absolute Gasteiger partial charge is 0.448 e. The Morgan fingerprint density at radius 1 is 0.949 bits per heavy atom. The maximum Gasteiger partial charge on any atom is 0.312 e. The predicted octanol–water partition coefficient (Wildman–Crippen LogP) is 7.19. The molecule has 17 nitrogen and oxygen atoms in total. The zero-order valence-electron chi connectivity index (χ0n) is 47.8. The molecule has 7 N–H and O–H groups in total. The van der Waals surface area contributed by atoms with E-state index in [0.29, 0.717) is 24.5 Å². The van der Waals surface area contributed by atoms with Crippen LogP contribution in [0.15, 0.2) is 64.4 Å². The van der Waals surface area contributed by atoms with Gasteiger partial charge in [-0.2, -0.15) is 0 Å². The van der Waals surface area contributed by atoms with Gasteiger partial charge in [-0.1, -0.05) is 55.4 Å². The Kier molecular flexibility index (Phi) is 21.4. The van der Waals surface area contributed by atoms with E-state index in [1.54, 1.807) is 64.6 Å². The number of methoxy groups -OCH3 is 1. The summed E-state index contributed by atoms with van der Waals surface area (Å²) >= 11 is 11.6. The van der Waals surface area contributed by atoms with Crippen LogP contribution in [0.1, 0.15) is 86.5 Å². The number of thiophene rings is 1. The Morgan fingerprint density at radius 2 is 1.65 bits per heavy atom. The highest BCUT2D eigenvalue weighted by Gasteiger charge is 2.58. The van der Waals surface area contributed by atoms with Crippen LogP contribution in [-0.2, 0) is 38.0 Å². The molecule has 0 unspecified atom stereocenters. The molecule has 21 heteroatoms. The monoisotopic (exact) mass is 1270 g/mol. The molecule has 440 valence electrons. The molecule has 0 aliphatic carbocycles. The Hall–Kier alpha value is -2.33. The van der Waals surface area contributed by atoms with Gasteiger partial charge < -0.3 is 74.4 Å². The number of rotatable bonds is 13. The highest BCUT2D eigenvalue weighted by molar-refractivity contribution is 14.1. The van der Waals surface area contributed by atoms with Crippen LogP contribution in [-0.4, -0.2) is 189 Å². The fraction of sp³-hybridized carbons (Fsp3) is 0.655. The first-order valence-electron chi connectivity index (χ1n) is 27.3. The van der Waals surface area contributed by atoms with E-state index in [4.69, 9.17) is 40.0 Å². The molecular formula is C58H84ClIN4O13S2. The second-order valence-corrected chi connectivity index (χ2v) is 27.1. The number of nitrogens with zero attached hydrogens (tertiary/aromatic N) is 2. The Morgan fingerprint density at radius 3 is 2.34 bits per heavy atom. The van der Waals surface area contributed by atoms with Gasteiger partial charge in [-0.15, -0.1) is 11.3 Å². The highest BCUT2D eigenvalue weighted by atomic mass is 127. The van der Waals surface area contributed by atoms with Crippen LogP contribution in [0.25, 0.3) is 27.6 Å². The molecule has 1 amide bonds. The molecule has 0 bridgehead atoms. The molecule has 3 saturated heterocycles. The van der Waals surface area contributed by atoms with Crippen molar-refractivity contribution in [1.82, 2.24) is 20.4 Å². The summed E-state index contributed by atoms with van der Waals surface area (Å²) in [5, 5.41) is 67.3.